The number of nitrogens with zero attached hydrogens (tertiary/aromatic N) is 4. The zero-order chi connectivity index (χ0) is 13.9. The highest BCUT2D eigenvalue weighted by Gasteiger charge is 2.25. The first kappa shape index (κ1) is 13.6. The summed E-state index contributed by atoms with van der Waals surface area (Å²) in [6, 6.07) is 1.85. The molecule has 0 atom stereocenters. The smallest absolute Gasteiger partial charge is 0.274 e. The van der Waals surface area contributed by atoms with Gasteiger partial charge in [-0.05, 0) is 24.8 Å². The van der Waals surface area contributed by atoms with Crippen LogP contribution in [0.15, 0.2) is 12.3 Å². The molecule has 20 heavy (non-hydrogen) atoms. The van der Waals surface area contributed by atoms with Gasteiger partial charge < -0.3 is 9.80 Å². The molecule has 110 valence electrons. The largest absolute Gasteiger partial charge is 0.337 e. The molecule has 2 aliphatic rings. The molecule has 2 saturated heterocycles. The van der Waals surface area contributed by atoms with Crippen molar-refractivity contribution in [3.8, 4) is 0 Å². The third-order valence-electron chi connectivity index (χ3n) is 4.51. The molecular formula is C15H24N4O. The number of carbonyl (C=O) groups excluding carboxylic acids is 1. The van der Waals surface area contributed by atoms with Gasteiger partial charge in [0.05, 0.1) is 6.54 Å². The van der Waals surface area contributed by atoms with Crippen LogP contribution in [-0.2, 0) is 6.54 Å². The van der Waals surface area contributed by atoms with Crippen molar-refractivity contribution in [3.63, 3.8) is 0 Å². The zero-order valence-corrected chi connectivity index (χ0v) is 12.3. The first-order chi connectivity index (χ1) is 9.76. The van der Waals surface area contributed by atoms with Gasteiger partial charge in [0.25, 0.3) is 5.91 Å². The summed E-state index contributed by atoms with van der Waals surface area (Å²) in [6.45, 7) is 8.38. The molecule has 5 heteroatoms. The number of carbonyl (C=O) groups is 1. The van der Waals surface area contributed by atoms with Gasteiger partial charge in [-0.3, -0.25) is 9.48 Å². The molecule has 0 spiro atoms. The molecule has 0 radical (unpaired) electrons. The Kier molecular flexibility index (Phi) is 4.05. The van der Waals surface area contributed by atoms with Gasteiger partial charge in [-0.15, -0.1) is 0 Å². The second-order valence-corrected chi connectivity index (χ2v) is 6.00. The summed E-state index contributed by atoms with van der Waals surface area (Å²) < 4.78 is 1.91. The molecule has 0 N–H and O–H groups in total. The van der Waals surface area contributed by atoms with Crippen LogP contribution >= 0.6 is 0 Å². The molecule has 5 nitrogen and oxygen atoms in total. The summed E-state index contributed by atoms with van der Waals surface area (Å²) >= 11 is 0. The lowest BCUT2D eigenvalue weighted by Gasteiger charge is -2.38. The van der Waals surface area contributed by atoms with Crippen molar-refractivity contribution < 1.29 is 4.79 Å². The molecule has 0 aliphatic carbocycles. The summed E-state index contributed by atoms with van der Waals surface area (Å²) in [7, 11) is 0. The summed E-state index contributed by atoms with van der Waals surface area (Å²) in [5, 5.41) is 4.42. The average molecular weight is 276 g/mol. The van der Waals surface area contributed by atoms with Gasteiger partial charge in [-0.2, -0.15) is 5.10 Å². The molecule has 0 unspecified atom stereocenters. The number of hydrogen-bond donors (Lipinski definition) is 0. The van der Waals surface area contributed by atoms with E-state index < -0.39 is 0 Å². The van der Waals surface area contributed by atoms with Gasteiger partial charge in [0, 0.05) is 38.9 Å². The van der Waals surface area contributed by atoms with E-state index in [1.807, 2.05) is 21.8 Å². The van der Waals surface area contributed by atoms with E-state index in [2.05, 4.69) is 16.9 Å². The van der Waals surface area contributed by atoms with Gasteiger partial charge in [0.15, 0.2) is 0 Å². The van der Waals surface area contributed by atoms with Gasteiger partial charge >= 0.3 is 0 Å². The molecule has 1 aromatic rings. The lowest BCUT2D eigenvalue weighted by atomic mass is 9.98. The predicted octanol–water partition coefficient (Wildman–Crippen LogP) is 1.46. The second kappa shape index (κ2) is 5.95. The molecule has 1 amide bonds. The minimum Gasteiger partial charge on any atom is -0.337 e. The standard InChI is InChI=1S/C15H24N4O/c1-2-13-11-17(12-13)9-10-19-8-5-14(16-19)15(20)18-6-3-4-7-18/h5,8,13H,2-4,6-7,9-12H2,1H3. The van der Waals surface area contributed by atoms with Crippen LogP contribution in [0.3, 0.4) is 0 Å². The summed E-state index contributed by atoms with van der Waals surface area (Å²) in [6.07, 6.45) is 5.47. The Labute approximate surface area is 120 Å². The van der Waals surface area contributed by atoms with Gasteiger partial charge in [0.1, 0.15) is 5.69 Å². The minimum atomic E-state index is 0.0937. The van der Waals surface area contributed by atoms with Crippen molar-refractivity contribution in [2.45, 2.75) is 32.7 Å². The Morgan fingerprint density at radius 2 is 2.05 bits per heavy atom. The topological polar surface area (TPSA) is 41.4 Å². The number of rotatable bonds is 5. The normalized spacial score (nSPS) is 20.4. The van der Waals surface area contributed by atoms with E-state index in [-0.39, 0.29) is 5.91 Å². The maximum Gasteiger partial charge on any atom is 0.274 e. The fourth-order valence-corrected chi connectivity index (χ4v) is 3.04. The number of likely N-dealkylation sites (tertiary alicyclic amines) is 2. The van der Waals surface area contributed by atoms with E-state index in [0.717, 1.165) is 44.9 Å². The SMILES string of the molecule is CCC1CN(CCn2ccc(C(=O)N3CCCC3)n2)C1. The van der Waals surface area contributed by atoms with E-state index in [1.165, 1.54) is 19.5 Å². The van der Waals surface area contributed by atoms with E-state index in [1.54, 1.807) is 0 Å². The van der Waals surface area contributed by atoms with E-state index in [4.69, 9.17) is 0 Å². The second-order valence-electron chi connectivity index (χ2n) is 6.00. The Morgan fingerprint density at radius 1 is 1.30 bits per heavy atom. The first-order valence-corrected chi connectivity index (χ1v) is 7.81. The number of aromatic nitrogens is 2. The molecule has 3 rings (SSSR count). The molecule has 3 heterocycles. The Hall–Kier alpha value is -1.36. The predicted molar refractivity (Wildman–Crippen MR) is 77.6 cm³/mol. The van der Waals surface area contributed by atoms with Crippen LogP contribution in [0.4, 0.5) is 0 Å². The highest BCUT2D eigenvalue weighted by molar-refractivity contribution is 5.92. The van der Waals surface area contributed by atoms with Gasteiger partial charge in [0.2, 0.25) is 0 Å². The first-order valence-electron chi connectivity index (χ1n) is 7.81. The van der Waals surface area contributed by atoms with Crippen molar-refractivity contribution in [2.24, 2.45) is 5.92 Å². The average Bonchev–Trinajstić information content (AvgIpc) is 3.08. The van der Waals surface area contributed by atoms with Crippen LogP contribution in [-0.4, -0.2) is 58.2 Å². The molecular weight excluding hydrogens is 252 g/mol. The van der Waals surface area contributed by atoms with Crippen molar-refractivity contribution in [2.75, 3.05) is 32.7 Å². The van der Waals surface area contributed by atoms with Crippen LogP contribution in [0, 0.1) is 5.92 Å². The summed E-state index contributed by atoms with van der Waals surface area (Å²) in [5.41, 5.74) is 0.599. The number of amides is 1. The van der Waals surface area contributed by atoms with E-state index in [9.17, 15) is 4.79 Å². The highest BCUT2D eigenvalue weighted by Crippen LogP contribution is 2.18. The third-order valence-corrected chi connectivity index (χ3v) is 4.51. The van der Waals surface area contributed by atoms with E-state index >= 15 is 0 Å². The molecule has 2 fully saturated rings. The van der Waals surface area contributed by atoms with Gasteiger partial charge in [-0.1, -0.05) is 13.3 Å². The van der Waals surface area contributed by atoms with Crippen molar-refractivity contribution in [1.82, 2.24) is 19.6 Å². The molecule has 0 aromatic carbocycles. The van der Waals surface area contributed by atoms with Crippen LogP contribution < -0.4 is 0 Å². The fraction of sp³-hybridized carbons (Fsp3) is 0.733. The Morgan fingerprint density at radius 3 is 2.75 bits per heavy atom. The summed E-state index contributed by atoms with van der Waals surface area (Å²) in [4.78, 5) is 16.6. The maximum absolute atomic E-state index is 12.2. The van der Waals surface area contributed by atoms with Gasteiger partial charge in [-0.25, -0.2) is 0 Å². The molecule has 0 bridgehead atoms. The summed E-state index contributed by atoms with van der Waals surface area (Å²) in [5.74, 6) is 0.983. The minimum absolute atomic E-state index is 0.0937. The van der Waals surface area contributed by atoms with Crippen molar-refractivity contribution >= 4 is 5.91 Å². The lowest BCUT2D eigenvalue weighted by molar-refractivity contribution is 0.0784. The Balaban J connectivity index is 1.48. The monoisotopic (exact) mass is 276 g/mol. The molecule has 2 aliphatic heterocycles. The lowest BCUT2D eigenvalue weighted by Crippen LogP contribution is -2.47. The maximum atomic E-state index is 12.2. The third kappa shape index (κ3) is 2.87. The molecule has 1 aromatic heterocycles. The van der Waals surface area contributed by atoms with Crippen molar-refractivity contribution in [3.05, 3.63) is 18.0 Å². The fourth-order valence-electron chi connectivity index (χ4n) is 3.04. The van der Waals surface area contributed by atoms with Crippen molar-refractivity contribution in [1.29, 1.82) is 0 Å². The van der Waals surface area contributed by atoms with Crippen LogP contribution in [0.5, 0.6) is 0 Å². The zero-order valence-electron chi connectivity index (χ0n) is 12.3. The van der Waals surface area contributed by atoms with Crippen LogP contribution in [0.1, 0.15) is 36.7 Å². The van der Waals surface area contributed by atoms with Crippen LogP contribution in [0.25, 0.3) is 0 Å². The van der Waals surface area contributed by atoms with E-state index in [0.29, 0.717) is 5.69 Å². The number of hydrogen-bond acceptors (Lipinski definition) is 3. The Bertz CT molecular complexity index is 458. The highest BCUT2D eigenvalue weighted by atomic mass is 16.2. The van der Waals surface area contributed by atoms with Crippen LogP contribution in [0.2, 0.25) is 0 Å². The molecule has 0 saturated carbocycles. The quantitative estimate of drug-likeness (QED) is 0.817.